The van der Waals surface area contributed by atoms with Crippen molar-refractivity contribution in [2.45, 2.75) is 31.5 Å². The van der Waals surface area contributed by atoms with Crippen LogP contribution in [0.25, 0.3) is 0 Å². The number of anilines is 1. The van der Waals surface area contributed by atoms with Crippen LogP contribution in [0.3, 0.4) is 0 Å². The zero-order valence-corrected chi connectivity index (χ0v) is 10.8. The molecule has 104 valence electrons. The lowest BCUT2D eigenvalue weighted by Crippen LogP contribution is -2.52. The molecule has 1 heterocycles. The number of hydrogen-bond donors (Lipinski definition) is 3. The second-order valence-electron chi connectivity index (χ2n) is 4.77. The van der Waals surface area contributed by atoms with E-state index in [0.29, 0.717) is 19.4 Å². The third-order valence-corrected chi connectivity index (χ3v) is 3.24. The van der Waals surface area contributed by atoms with Gasteiger partial charge in [0.2, 0.25) is 0 Å². The van der Waals surface area contributed by atoms with Gasteiger partial charge in [-0.3, -0.25) is 0 Å². The molecule has 1 aromatic rings. The summed E-state index contributed by atoms with van der Waals surface area (Å²) in [5.74, 6) is -0.758. The van der Waals surface area contributed by atoms with Gasteiger partial charge in [-0.05, 0) is 19.1 Å². The monoisotopic (exact) mass is 266 g/mol. The van der Waals surface area contributed by atoms with Gasteiger partial charge in [0, 0.05) is 32.2 Å². The van der Waals surface area contributed by atoms with Crippen molar-refractivity contribution in [2.24, 2.45) is 0 Å². The molecule has 0 radical (unpaired) electrons. The Morgan fingerprint density at radius 3 is 3.00 bits per heavy atom. The topological polar surface area (TPSA) is 91.7 Å². The third-order valence-electron chi connectivity index (χ3n) is 3.24. The number of aromatic nitrogens is 1. The Balaban J connectivity index is 1.91. The van der Waals surface area contributed by atoms with Crippen LogP contribution >= 0.6 is 0 Å². The van der Waals surface area contributed by atoms with Gasteiger partial charge in [-0.2, -0.15) is 0 Å². The zero-order valence-electron chi connectivity index (χ0n) is 10.8. The number of nitrogens with one attached hydrogen (secondary N) is 1. The van der Waals surface area contributed by atoms with Crippen LogP contribution in [0, 0.1) is 0 Å². The summed E-state index contributed by atoms with van der Waals surface area (Å²) in [7, 11) is 0. The predicted molar refractivity (Wildman–Crippen MR) is 69.3 cm³/mol. The van der Waals surface area contributed by atoms with Crippen molar-refractivity contribution in [1.29, 1.82) is 0 Å². The Labute approximate surface area is 111 Å². The molecule has 1 aliphatic rings. The summed E-state index contributed by atoms with van der Waals surface area (Å²) < 4.78 is 5.39. The van der Waals surface area contributed by atoms with Crippen LogP contribution in [0.15, 0.2) is 18.3 Å². The van der Waals surface area contributed by atoms with Crippen LogP contribution in [0.5, 0.6) is 0 Å². The highest BCUT2D eigenvalue weighted by Crippen LogP contribution is 2.34. The zero-order chi connectivity index (χ0) is 13.9. The van der Waals surface area contributed by atoms with Gasteiger partial charge in [0.1, 0.15) is 11.4 Å². The SMILES string of the molecule is CCOC1CC(O)(CNc2ncccc2C(=O)O)C1. The van der Waals surface area contributed by atoms with Crippen molar-refractivity contribution in [3.05, 3.63) is 23.9 Å². The van der Waals surface area contributed by atoms with Crippen LogP contribution in [0.4, 0.5) is 5.82 Å². The number of carboxylic acids is 1. The Morgan fingerprint density at radius 2 is 2.37 bits per heavy atom. The van der Waals surface area contributed by atoms with E-state index in [9.17, 15) is 9.90 Å². The molecule has 19 heavy (non-hydrogen) atoms. The summed E-state index contributed by atoms with van der Waals surface area (Å²) in [4.78, 5) is 15.0. The Hall–Kier alpha value is -1.66. The molecule has 6 nitrogen and oxygen atoms in total. The van der Waals surface area contributed by atoms with Crippen molar-refractivity contribution in [1.82, 2.24) is 4.98 Å². The maximum atomic E-state index is 11.0. The Morgan fingerprint density at radius 1 is 1.63 bits per heavy atom. The number of carbonyl (C=O) groups is 1. The molecule has 0 unspecified atom stereocenters. The molecule has 1 fully saturated rings. The van der Waals surface area contributed by atoms with Gasteiger partial charge in [-0.15, -0.1) is 0 Å². The average Bonchev–Trinajstić information content (AvgIpc) is 2.35. The molecule has 0 spiro atoms. The number of rotatable bonds is 6. The summed E-state index contributed by atoms with van der Waals surface area (Å²) in [5.41, 5.74) is -0.737. The van der Waals surface area contributed by atoms with E-state index in [1.807, 2.05) is 6.92 Å². The van der Waals surface area contributed by atoms with Gasteiger partial charge in [0.15, 0.2) is 0 Å². The average molecular weight is 266 g/mol. The minimum Gasteiger partial charge on any atom is -0.478 e. The second kappa shape index (κ2) is 5.54. The number of ether oxygens (including phenoxy) is 1. The van der Waals surface area contributed by atoms with E-state index in [-0.39, 0.29) is 24.0 Å². The standard InChI is InChI=1S/C13H18N2O4/c1-2-19-9-6-13(18,7-9)8-15-11-10(12(16)17)4-3-5-14-11/h3-5,9,18H,2,6-8H2,1H3,(H,14,15)(H,16,17). The van der Waals surface area contributed by atoms with Crippen molar-refractivity contribution >= 4 is 11.8 Å². The maximum Gasteiger partial charge on any atom is 0.339 e. The summed E-state index contributed by atoms with van der Waals surface area (Å²) >= 11 is 0. The smallest absolute Gasteiger partial charge is 0.339 e. The first-order valence-electron chi connectivity index (χ1n) is 6.30. The highest BCUT2D eigenvalue weighted by molar-refractivity contribution is 5.92. The van der Waals surface area contributed by atoms with Crippen molar-refractivity contribution in [2.75, 3.05) is 18.5 Å². The fourth-order valence-corrected chi connectivity index (χ4v) is 2.25. The summed E-state index contributed by atoms with van der Waals surface area (Å²) in [6.45, 7) is 2.83. The lowest BCUT2D eigenvalue weighted by atomic mass is 9.77. The van der Waals surface area contributed by atoms with Crippen LogP contribution in [0.2, 0.25) is 0 Å². The third kappa shape index (κ3) is 3.21. The van der Waals surface area contributed by atoms with E-state index in [1.165, 1.54) is 12.3 Å². The minimum atomic E-state index is -1.04. The van der Waals surface area contributed by atoms with Gasteiger partial charge in [0.05, 0.1) is 11.7 Å². The molecule has 0 aliphatic heterocycles. The van der Waals surface area contributed by atoms with Gasteiger partial charge in [0.25, 0.3) is 0 Å². The molecule has 0 amide bonds. The fraction of sp³-hybridized carbons (Fsp3) is 0.538. The molecular weight excluding hydrogens is 248 g/mol. The molecule has 0 bridgehead atoms. The molecule has 6 heteroatoms. The molecule has 3 N–H and O–H groups in total. The van der Waals surface area contributed by atoms with Gasteiger partial charge >= 0.3 is 5.97 Å². The lowest BCUT2D eigenvalue weighted by Gasteiger charge is -2.43. The molecule has 0 aromatic carbocycles. The molecule has 1 aromatic heterocycles. The number of nitrogens with zero attached hydrogens (tertiary/aromatic N) is 1. The molecule has 2 rings (SSSR count). The number of aromatic carboxylic acids is 1. The van der Waals surface area contributed by atoms with E-state index in [0.717, 1.165) is 0 Å². The quantitative estimate of drug-likeness (QED) is 0.714. The molecule has 0 saturated heterocycles. The first-order valence-corrected chi connectivity index (χ1v) is 6.30. The van der Waals surface area contributed by atoms with Gasteiger partial charge in [-0.1, -0.05) is 0 Å². The van der Waals surface area contributed by atoms with E-state index in [1.54, 1.807) is 6.07 Å². The highest BCUT2D eigenvalue weighted by Gasteiger charge is 2.43. The van der Waals surface area contributed by atoms with Crippen LogP contribution in [-0.2, 0) is 4.74 Å². The number of hydrogen-bond acceptors (Lipinski definition) is 5. The summed E-state index contributed by atoms with van der Waals surface area (Å²) in [6.07, 6.45) is 2.73. The van der Waals surface area contributed by atoms with Crippen LogP contribution < -0.4 is 5.32 Å². The minimum absolute atomic E-state index is 0.0967. The number of carboxylic acid groups (broad SMARTS) is 1. The van der Waals surface area contributed by atoms with E-state index < -0.39 is 11.6 Å². The molecule has 0 atom stereocenters. The highest BCUT2D eigenvalue weighted by atomic mass is 16.5. The summed E-state index contributed by atoms with van der Waals surface area (Å²) in [6, 6.07) is 3.04. The van der Waals surface area contributed by atoms with Gasteiger partial charge in [-0.25, -0.2) is 9.78 Å². The predicted octanol–water partition coefficient (Wildman–Crippen LogP) is 1.12. The van der Waals surface area contributed by atoms with E-state index >= 15 is 0 Å². The van der Waals surface area contributed by atoms with Crippen molar-refractivity contribution in [3.63, 3.8) is 0 Å². The van der Waals surface area contributed by atoms with Gasteiger partial charge < -0.3 is 20.3 Å². The largest absolute Gasteiger partial charge is 0.478 e. The fourth-order valence-electron chi connectivity index (χ4n) is 2.25. The number of pyridine rings is 1. The Kier molecular flexibility index (Phi) is 4.01. The van der Waals surface area contributed by atoms with Crippen molar-refractivity contribution < 1.29 is 19.7 Å². The normalized spacial score (nSPS) is 25.7. The molecule has 1 saturated carbocycles. The second-order valence-corrected chi connectivity index (χ2v) is 4.77. The van der Waals surface area contributed by atoms with E-state index in [2.05, 4.69) is 10.3 Å². The van der Waals surface area contributed by atoms with Crippen LogP contribution in [0.1, 0.15) is 30.1 Å². The van der Waals surface area contributed by atoms with Crippen molar-refractivity contribution in [3.8, 4) is 0 Å². The first-order chi connectivity index (χ1) is 9.04. The molecular formula is C13H18N2O4. The Bertz CT molecular complexity index is 458. The van der Waals surface area contributed by atoms with E-state index in [4.69, 9.17) is 9.84 Å². The maximum absolute atomic E-state index is 11.0. The van der Waals surface area contributed by atoms with Crippen LogP contribution in [-0.4, -0.2) is 46.0 Å². The lowest BCUT2D eigenvalue weighted by molar-refractivity contribution is -0.129. The first kappa shape index (κ1) is 13.8. The summed E-state index contributed by atoms with van der Waals surface area (Å²) in [5, 5.41) is 22.1. The molecule has 1 aliphatic carbocycles. The number of aliphatic hydroxyl groups is 1.